The van der Waals surface area contributed by atoms with Gasteiger partial charge in [0.25, 0.3) is 5.91 Å². The first-order valence-electron chi connectivity index (χ1n) is 11.0. The zero-order valence-electron chi connectivity index (χ0n) is 17.5. The molecule has 2 aliphatic heterocycles. The number of piperazine rings is 1. The largest absolute Gasteiger partial charge is 0.355 e. The number of carbonyl (C=O) groups excluding carboxylic acids is 1. The Morgan fingerprint density at radius 2 is 1.87 bits per heavy atom. The lowest BCUT2D eigenvalue weighted by Gasteiger charge is -2.43. The highest BCUT2D eigenvalue weighted by atomic mass is 16.1. The highest BCUT2D eigenvalue weighted by molar-refractivity contribution is 5.93. The highest BCUT2D eigenvalue weighted by Gasteiger charge is 2.29. The Balaban J connectivity index is 1.23. The second-order valence-corrected chi connectivity index (χ2v) is 8.41. The number of hydrogen-bond donors (Lipinski definition) is 1. The average Bonchev–Trinajstić information content (AvgIpc) is 2.77. The molecule has 2 fully saturated rings. The maximum atomic E-state index is 11.7. The minimum atomic E-state index is -0.118. The van der Waals surface area contributed by atoms with Crippen LogP contribution in [0.5, 0.6) is 0 Å². The molecule has 0 spiro atoms. The van der Waals surface area contributed by atoms with Crippen LogP contribution in [0.4, 0.5) is 11.8 Å². The van der Waals surface area contributed by atoms with Gasteiger partial charge in [-0.25, -0.2) is 15.0 Å². The lowest BCUT2D eigenvalue weighted by molar-refractivity contribution is 0.0962. The third-order valence-corrected chi connectivity index (χ3v) is 6.67. The molecule has 1 saturated heterocycles. The van der Waals surface area contributed by atoms with E-state index in [1.165, 1.54) is 19.3 Å². The fourth-order valence-corrected chi connectivity index (χ4v) is 4.54. The van der Waals surface area contributed by atoms with Crippen molar-refractivity contribution in [3.63, 3.8) is 0 Å². The minimum absolute atomic E-state index is 0.118. The molecule has 0 radical (unpaired) electrons. The first-order chi connectivity index (χ1) is 14.7. The summed E-state index contributed by atoms with van der Waals surface area (Å²) in [5.74, 6) is 1.64. The number of anilines is 2. The predicted octanol–water partition coefficient (Wildman–Crippen LogP) is 1.47. The molecule has 0 atom stereocenters. The van der Waals surface area contributed by atoms with Crippen molar-refractivity contribution in [3.8, 4) is 0 Å². The number of rotatable bonds is 4. The molecule has 2 aromatic heterocycles. The van der Waals surface area contributed by atoms with E-state index in [4.69, 9.17) is 9.97 Å². The van der Waals surface area contributed by atoms with Gasteiger partial charge in [0, 0.05) is 76.7 Å². The lowest BCUT2D eigenvalue weighted by Crippen LogP contribution is -2.52. The van der Waals surface area contributed by atoms with Crippen LogP contribution in [-0.2, 0) is 13.0 Å². The summed E-state index contributed by atoms with van der Waals surface area (Å²) in [6.45, 7) is 5.89. The van der Waals surface area contributed by atoms with Gasteiger partial charge < -0.3 is 15.1 Å². The maximum absolute atomic E-state index is 11.7. The smallest absolute Gasteiger partial charge is 0.252 e. The van der Waals surface area contributed by atoms with Crippen molar-refractivity contribution in [2.75, 3.05) is 49.6 Å². The van der Waals surface area contributed by atoms with Crippen LogP contribution in [0.3, 0.4) is 0 Å². The van der Waals surface area contributed by atoms with E-state index < -0.39 is 0 Å². The fourth-order valence-electron chi connectivity index (χ4n) is 4.54. The van der Waals surface area contributed by atoms with E-state index in [0.29, 0.717) is 5.56 Å². The third kappa shape index (κ3) is 3.71. The van der Waals surface area contributed by atoms with Crippen LogP contribution in [0.25, 0.3) is 0 Å². The summed E-state index contributed by atoms with van der Waals surface area (Å²) in [6.07, 6.45) is 8.63. The summed E-state index contributed by atoms with van der Waals surface area (Å²) in [6, 6.07) is 4.55. The summed E-state index contributed by atoms with van der Waals surface area (Å²) in [4.78, 5) is 33.0. The average molecular weight is 408 g/mol. The van der Waals surface area contributed by atoms with Gasteiger partial charge in [0.2, 0.25) is 5.95 Å². The van der Waals surface area contributed by atoms with Gasteiger partial charge in [-0.2, -0.15) is 0 Å². The van der Waals surface area contributed by atoms with Crippen LogP contribution in [-0.4, -0.2) is 71.6 Å². The van der Waals surface area contributed by atoms with E-state index in [0.717, 1.165) is 74.8 Å². The lowest BCUT2D eigenvalue weighted by atomic mass is 9.91. The molecular formula is C22H29N7O. The zero-order valence-corrected chi connectivity index (χ0v) is 17.5. The molecule has 0 aromatic carbocycles. The molecule has 8 nitrogen and oxygen atoms in total. The summed E-state index contributed by atoms with van der Waals surface area (Å²) in [5, 5.41) is 2.62. The van der Waals surface area contributed by atoms with E-state index in [-0.39, 0.29) is 5.91 Å². The Bertz CT molecular complexity index is 904. The standard InChI is InChI=1S/C22H29N7O/c1-23-21(30)16-5-6-20(24-13-16)29-8-7-19-17(15-29)14-25-22(26-19)28-11-9-27(10-12-28)18-3-2-4-18/h5-6,13-14,18H,2-4,7-12,15H2,1H3,(H,23,30). The summed E-state index contributed by atoms with van der Waals surface area (Å²) >= 11 is 0. The topological polar surface area (TPSA) is 77.5 Å². The van der Waals surface area contributed by atoms with Crippen LogP contribution in [0.15, 0.2) is 24.5 Å². The Morgan fingerprint density at radius 1 is 1.03 bits per heavy atom. The van der Waals surface area contributed by atoms with Crippen LogP contribution < -0.4 is 15.1 Å². The molecule has 4 heterocycles. The summed E-state index contributed by atoms with van der Waals surface area (Å²) < 4.78 is 0. The number of carbonyl (C=O) groups is 1. The Morgan fingerprint density at radius 3 is 2.53 bits per heavy atom. The molecule has 1 aliphatic carbocycles. The molecule has 158 valence electrons. The highest BCUT2D eigenvalue weighted by Crippen LogP contribution is 2.27. The van der Waals surface area contributed by atoms with Gasteiger partial charge in [0.05, 0.1) is 11.3 Å². The molecule has 1 N–H and O–H groups in total. The number of aromatic nitrogens is 3. The maximum Gasteiger partial charge on any atom is 0.252 e. The molecule has 0 unspecified atom stereocenters. The van der Waals surface area contributed by atoms with Crippen molar-refractivity contribution in [2.45, 2.75) is 38.3 Å². The predicted molar refractivity (Wildman–Crippen MR) is 116 cm³/mol. The van der Waals surface area contributed by atoms with E-state index in [2.05, 4.69) is 25.0 Å². The number of hydrogen-bond acceptors (Lipinski definition) is 7. The third-order valence-electron chi connectivity index (χ3n) is 6.67. The molecule has 8 heteroatoms. The SMILES string of the molecule is CNC(=O)c1ccc(N2CCc3nc(N4CCN(C5CCC5)CC4)ncc3C2)nc1. The monoisotopic (exact) mass is 407 g/mol. The number of fused-ring (bicyclic) bond motifs is 1. The van der Waals surface area contributed by atoms with Crippen molar-refractivity contribution in [2.24, 2.45) is 0 Å². The van der Waals surface area contributed by atoms with Gasteiger partial charge >= 0.3 is 0 Å². The summed E-state index contributed by atoms with van der Waals surface area (Å²) in [7, 11) is 1.63. The second-order valence-electron chi connectivity index (χ2n) is 8.41. The number of nitrogens with one attached hydrogen (secondary N) is 1. The Labute approximate surface area is 177 Å². The van der Waals surface area contributed by atoms with Crippen molar-refractivity contribution in [1.29, 1.82) is 0 Å². The first kappa shape index (κ1) is 19.2. The minimum Gasteiger partial charge on any atom is -0.355 e. The van der Waals surface area contributed by atoms with Crippen LogP contribution >= 0.6 is 0 Å². The van der Waals surface area contributed by atoms with Gasteiger partial charge in [0.15, 0.2) is 0 Å². The van der Waals surface area contributed by atoms with Crippen LogP contribution in [0, 0.1) is 0 Å². The van der Waals surface area contributed by atoms with Crippen molar-refractivity contribution in [1.82, 2.24) is 25.2 Å². The normalized spacial score (nSPS) is 19.9. The fraction of sp³-hybridized carbons (Fsp3) is 0.545. The van der Waals surface area contributed by atoms with Gasteiger partial charge in [-0.15, -0.1) is 0 Å². The zero-order chi connectivity index (χ0) is 20.5. The van der Waals surface area contributed by atoms with Gasteiger partial charge in [-0.05, 0) is 25.0 Å². The molecule has 2 aromatic rings. The van der Waals surface area contributed by atoms with E-state index in [1.54, 1.807) is 13.2 Å². The van der Waals surface area contributed by atoms with Gasteiger partial charge in [0.1, 0.15) is 5.82 Å². The molecule has 5 rings (SSSR count). The van der Waals surface area contributed by atoms with E-state index >= 15 is 0 Å². The molecule has 30 heavy (non-hydrogen) atoms. The molecule has 0 bridgehead atoms. The number of nitrogens with zero attached hydrogens (tertiary/aromatic N) is 6. The molecule has 3 aliphatic rings. The number of amides is 1. The Hall–Kier alpha value is -2.74. The summed E-state index contributed by atoms with van der Waals surface area (Å²) in [5.41, 5.74) is 2.89. The van der Waals surface area contributed by atoms with Crippen molar-refractivity contribution < 1.29 is 4.79 Å². The van der Waals surface area contributed by atoms with Gasteiger partial charge in [-0.3, -0.25) is 9.69 Å². The molecule has 1 amide bonds. The van der Waals surface area contributed by atoms with Gasteiger partial charge in [-0.1, -0.05) is 6.42 Å². The Kier molecular flexibility index (Phi) is 5.25. The number of pyridine rings is 1. The van der Waals surface area contributed by atoms with Crippen molar-refractivity contribution >= 4 is 17.7 Å². The molecule has 1 saturated carbocycles. The van der Waals surface area contributed by atoms with Crippen molar-refractivity contribution in [3.05, 3.63) is 41.3 Å². The molecular weight excluding hydrogens is 378 g/mol. The van der Waals surface area contributed by atoms with Crippen LogP contribution in [0.1, 0.15) is 40.9 Å². The first-order valence-corrected chi connectivity index (χ1v) is 11.0. The van der Waals surface area contributed by atoms with Crippen LogP contribution in [0.2, 0.25) is 0 Å². The van der Waals surface area contributed by atoms with E-state index in [9.17, 15) is 4.79 Å². The second kappa shape index (κ2) is 8.18. The van der Waals surface area contributed by atoms with E-state index in [1.807, 2.05) is 18.3 Å². The quantitative estimate of drug-likeness (QED) is 0.822.